The number of nitrogens with one attached hydrogen (secondary N) is 3. The number of thiophene rings is 1. The number of hydrogen-bond acceptors (Lipinski definition) is 4. The van der Waals surface area contributed by atoms with Gasteiger partial charge in [0.1, 0.15) is 0 Å². The third-order valence-corrected chi connectivity index (χ3v) is 4.75. The van der Waals surface area contributed by atoms with Gasteiger partial charge in [-0.25, -0.2) is 13.1 Å². The molecule has 1 heterocycles. The molecule has 0 bridgehead atoms. The SMILES string of the molecule is CCNC(=NCC(C)(C)NS(C)(=O)=O)NCC(C)c1ccsc1. The van der Waals surface area contributed by atoms with Gasteiger partial charge in [-0.05, 0) is 49.1 Å². The second kappa shape index (κ2) is 8.65. The molecule has 132 valence electrons. The zero-order valence-corrected chi connectivity index (χ0v) is 16.1. The predicted octanol–water partition coefficient (Wildman–Crippen LogP) is 1.73. The van der Waals surface area contributed by atoms with Crippen LogP contribution in [0.5, 0.6) is 0 Å². The Morgan fingerprint density at radius 2 is 2.09 bits per heavy atom. The summed E-state index contributed by atoms with van der Waals surface area (Å²) < 4.78 is 25.3. The van der Waals surface area contributed by atoms with E-state index in [1.807, 2.05) is 20.8 Å². The Balaban J connectivity index is 2.62. The molecular formula is C15H28N4O2S2. The van der Waals surface area contributed by atoms with Crippen LogP contribution in [0.2, 0.25) is 0 Å². The molecule has 0 aliphatic carbocycles. The highest BCUT2D eigenvalue weighted by Gasteiger charge is 2.21. The molecule has 6 nitrogen and oxygen atoms in total. The van der Waals surface area contributed by atoms with Gasteiger partial charge in [0, 0.05) is 18.6 Å². The molecule has 23 heavy (non-hydrogen) atoms. The molecule has 0 saturated carbocycles. The zero-order chi connectivity index (χ0) is 17.5. The molecule has 3 N–H and O–H groups in total. The molecule has 1 rings (SSSR count). The number of rotatable bonds is 8. The van der Waals surface area contributed by atoms with E-state index in [-0.39, 0.29) is 0 Å². The van der Waals surface area contributed by atoms with Gasteiger partial charge in [0.05, 0.1) is 12.8 Å². The number of sulfonamides is 1. The van der Waals surface area contributed by atoms with E-state index in [1.165, 1.54) is 5.56 Å². The van der Waals surface area contributed by atoms with Gasteiger partial charge in [0.15, 0.2) is 5.96 Å². The van der Waals surface area contributed by atoms with Crippen molar-refractivity contribution in [3.8, 4) is 0 Å². The van der Waals surface area contributed by atoms with Crippen molar-refractivity contribution in [3.05, 3.63) is 22.4 Å². The number of aliphatic imine (C=N–C) groups is 1. The van der Waals surface area contributed by atoms with Crippen LogP contribution in [0.15, 0.2) is 21.8 Å². The molecule has 0 aliphatic rings. The largest absolute Gasteiger partial charge is 0.357 e. The Labute approximate surface area is 143 Å². The lowest BCUT2D eigenvalue weighted by Gasteiger charge is -2.23. The second-order valence-corrected chi connectivity index (χ2v) is 8.82. The van der Waals surface area contributed by atoms with Crippen molar-refractivity contribution >= 4 is 27.3 Å². The summed E-state index contributed by atoms with van der Waals surface area (Å²) in [6.45, 7) is 9.65. The highest BCUT2D eigenvalue weighted by Crippen LogP contribution is 2.17. The summed E-state index contributed by atoms with van der Waals surface area (Å²) in [7, 11) is -3.26. The van der Waals surface area contributed by atoms with E-state index in [0.717, 1.165) is 19.3 Å². The number of guanidine groups is 1. The topological polar surface area (TPSA) is 82.6 Å². The van der Waals surface area contributed by atoms with Crippen molar-refractivity contribution in [1.29, 1.82) is 0 Å². The molecule has 0 spiro atoms. The van der Waals surface area contributed by atoms with E-state index in [0.29, 0.717) is 18.4 Å². The first-order valence-corrected chi connectivity index (χ1v) is 10.5. The first-order valence-electron chi connectivity index (χ1n) is 7.66. The maximum absolute atomic E-state index is 11.4. The van der Waals surface area contributed by atoms with Crippen molar-refractivity contribution in [2.75, 3.05) is 25.9 Å². The van der Waals surface area contributed by atoms with Crippen molar-refractivity contribution in [2.24, 2.45) is 4.99 Å². The minimum atomic E-state index is -3.26. The van der Waals surface area contributed by atoms with Gasteiger partial charge < -0.3 is 10.6 Å². The van der Waals surface area contributed by atoms with E-state index >= 15 is 0 Å². The normalized spacial score (nSPS) is 14.6. The van der Waals surface area contributed by atoms with Crippen molar-refractivity contribution in [1.82, 2.24) is 15.4 Å². The van der Waals surface area contributed by atoms with Crippen LogP contribution in [0.1, 0.15) is 39.2 Å². The lowest BCUT2D eigenvalue weighted by Crippen LogP contribution is -2.47. The molecule has 1 aromatic rings. The quantitative estimate of drug-likeness (QED) is 0.487. The smallest absolute Gasteiger partial charge is 0.209 e. The summed E-state index contributed by atoms with van der Waals surface area (Å²) in [5, 5.41) is 10.7. The van der Waals surface area contributed by atoms with Gasteiger partial charge in [-0.2, -0.15) is 11.3 Å². The van der Waals surface area contributed by atoms with Crippen LogP contribution in [0.3, 0.4) is 0 Å². The van der Waals surface area contributed by atoms with E-state index < -0.39 is 15.6 Å². The third-order valence-electron chi connectivity index (χ3n) is 3.13. The Kier molecular flexibility index (Phi) is 7.50. The van der Waals surface area contributed by atoms with Gasteiger partial charge >= 0.3 is 0 Å². The molecule has 1 atom stereocenters. The first kappa shape index (κ1) is 19.9. The summed E-state index contributed by atoms with van der Waals surface area (Å²) in [6, 6.07) is 2.13. The zero-order valence-electron chi connectivity index (χ0n) is 14.5. The van der Waals surface area contributed by atoms with Crippen LogP contribution in [0.25, 0.3) is 0 Å². The van der Waals surface area contributed by atoms with Crippen molar-refractivity contribution in [3.63, 3.8) is 0 Å². The molecule has 0 fully saturated rings. The van der Waals surface area contributed by atoms with Crippen LogP contribution < -0.4 is 15.4 Å². The lowest BCUT2D eigenvalue weighted by molar-refractivity contribution is 0.464. The fourth-order valence-corrected chi connectivity index (χ4v) is 3.93. The fourth-order valence-electron chi connectivity index (χ4n) is 2.08. The summed E-state index contributed by atoms with van der Waals surface area (Å²) in [6.07, 6.45) is 1.16. The average molecular weight is 361 g/mol. The van der Waals surface area contributed by atoms with Gasteiger partial charge in [-0.15, -0.1) is 0 Å². The highest BCUT2D eigenvalue weighted by molar-refractivity contribution is 7.88. The molecular weight excluding hydrogens is 332 g/mol. The van der Waals surface area contributed by atoms with Gasteiger partial charge in [0.25, 0.3) is 0 Å². The Bertz CT molecular complexity index is 595. The van der Waals surface area contributed by atoms with Gasteiger partial charge in [-0.1, -0.05) is 6.92 Å². The summed E-state index contributed by atoms with van der Waals surface area (Å²) in [5.74, 6) is 1.07. The van der Waals surface area contributed by atoms with Crippen molar-refractivity contribution < 1.29 is 8.42 Å². The minimum Gasteiger partial charge on any atom is -0.357 e. The molecule has 1 aromatic heterocycles. The average Bonchev–Trinajstić information content (AvgIpc) is 2.93. The van der Waals surface area contributed by atoms with Crippen LogP contribution in [-0.2, 0) is 10.0 Å². The van der Waals surface area contributed by atoms with E-state index in [4.69, 9.17) is 0 Å². The van der Waals surface area contributed by atoms with Gasteiger partial charge in [-0.3, -0.25) is 4.99 Å². The van der Waals surface area contributed by atoms with Crippen molar-refractivity contribution in [2.45, 2.75) is 39.2 Å². The number of hydrogen-bond donors (Lipinski definition) is 3. The summed E-state index contributed by atoms with van der Waals surface area (Å²) in [4.78, 5) is 4.49. The monoisotopic (exact) mass is 360 g/mol. The Morgan fingerprint density at radius 1 is 1.39 bits per heavy atom. The van der Waals surface area contributed by atoms with Crippen LogP contribution in [0, 0.1) is 0 Å². The Morgan fingerprint density at radius 3 is 2.61 bits per heavy atom. The molecule has 0 aromatic carbocycles. The standard InChI is InChI=1S/C15H28N4O2S2/c1-6-16-14(17-9-12(2)13-7-8-22-10-13)18-11-15(3,4)19-23(5,20)21/h7-8,10,12,19H,6,9,11H2,1-5H3,(H2,16,17,18). The molecule has 0 radical (unpaired) electrons. The molecule has 8 heteroatoms. The summed E-state index contributed by atoms with van der Waals surface area (Å²) in [5.41, 5.74) is 0.673. The molecule has 1 unspecified atom stereocenters. The fraction of sp³-hybridized carbons (Fsp3) is 0.667. The maximum Gasteiger partial charge on any atom is 0.209 e. The van der Waals surface area contributed by atoms with Crippen LogP contribution in [-0.4, -0.2) is 45.8 Å². The Hall–Kier alpha value is -1.12. The minimum absolute atomic E-state index is 0.349. The van der Waals surface area contributed by atoms with E-state index in [1.54, 1.807) is 11.3 Å². The highest BCUT2D eigenvalue weighted by atomic mass is 32.2. The van der Waals surface area contributed by atoms with Crippen LogP contribution in [0.4, 0.5) is 0 Å². The lowest BCUT2D eigenvalue weighted by atomic mass is 10.1. The van der Waals surface area contributed by atoms with E-state index in [9.17, 15) is 8.42 Å². The third kappa shape index (κ3) is 8.34. The molecule has 0 aliphatic heterocycles. The van der Waals surface area contributed by atoms with E-state index in [2.05, 4.69) is 44.1 Å². The molecule has 0 amide bonds. The first-order chi connectivity index (χ1) is 10.6. The maximum atomic E-state index is 11.4. The second-order valence-electron chi connectivity index (χ2n) is 6.29. The summed E-state index contributed by atoms with van der Waals surface area (Å²) >= 11 is 1.69. The number of nitrogens with zero attached hydrogens (tertiary/aromatic N) is 1. The van der Waals surface area contributed by atoms with Crippen LogP contribution >= 0.6 is 11.3 Å². The predicted molar refractivity (Wildman–Crippen MR) is 98.8 cm³/mol. The molecule has 0 saturated heterocycles. The van der Waals surface area contributed by atoms with Gasteiger partial charge in [0.2, 0.25) is 10.0 Å².